The van der Waals surface area contributed by atoms with Crippen molar-refractivity contribution in [1.29, 1.82) is 0 Å². The van der Waals surface area contributed by atoms with E-state index in [-0.39, 0.29) is 17.0 Å². The maximum atomic E-state index is 13.2. The molecule has 1 aliphatic heterocycles. The molecule has 0 unspecified atom stereocenters. The van der Waals surface area contributed by atoms with Crippen LogP contribution in [0.1, 0.15) is 25.0 Å². The zero-order chi connectivity index (χ0) is 25.4. The summed E-state index contributed by atoms with van der Waals surface area (Å²) < 4.78 is 1.96. The van der Waals surface area contributed by atoms with E-state index in [1.807, 2.05) is 61.0 Å². The van der Waals surface area contributed by atoms with Crippen LogP contribution in [-0.2, 0) is 10.2 Å². The third kappa shape index (κ3) is 4.22. The number of nitrogens with zero attached hydrogens (tertiary/aromatic N) is 5. The predicted molar refractivity (Wildman–Crippen MR) is 146 cm³/mol. The number of allylic oxidation sites excluding steroid dienone is 2. The van der Waals surface area contributed by atoms with Gasteiger partial charge in [-0.1, -0.05) is 61.5 Å². The Labute approximate surface area is 220 Å². The first-order valence-electron chi connectivity index (χ1n) is 11.6. The van der Waals surface area contributed by atoms with Gasteiger partial charge in [0.15, 0.2) is 16.8 Å². The molecule has 8 heteroatoms. The van der Waals surface area contributed by atoms with E-state index in [2.05, 4.69) is 46.1 Å². The van der Waals surface area contributed by atoms with Gasteiger partial charge < -0.3 is 4.90 Å². The molecule has 0 saturated heterocycles. The molecule has 0 saturated carbocycles. The molecule has 5 rings (SSSR count). The summed E-state index contributed by atoms with van der Waals surface area (Å²) in [6, 6.07) is 17.8. The van der Waals surface area contributed by atoms with Gasteiger partial charge in [0.1, 0.15) is 0 Å². The van der Waals surface area contributed by atoms with Gasteiger partial charge in [0.25, 0.3) is 0 Å². The third-order valence-electron chi connectivity index (χ3n) is 6.63. The van der Waals surface area contributed by atoms with Crippen molar-refractivity contribution in [3.63, 3.8) is 0 Å². The van der Waals surface area contributed by atoms with Gasteiger partial charge in [-0.2, -0.15) is 0 Å². The van der Waals surface area contributed by atoms with E-state index in [0.717, 1.165) is 28.2 Å². The number of carbonyl (C=O) groups excluding carboxylic acids is 1. The molecule has 0 aliphatic carbocycles. The zero-order valence-corrected chi connectivity index (χ0v) is 22.1. The summed E-state index contributed by atoms with van der Waals surface area (Å²) in [7, 11) is 2.01. The van der Waals surface area contributed by atoms with Gasteiger partial charge >= 0.3 is 0 Å². The second kappa shape index (κ2) is 9.56. The molecule has 2 aromatic carbocycles. The van der Waals surface area contributed by atoms with Crippen LogP contribution < -0.4 is 4.90 Å². The Balaban J connectivity index is 1.46. The highest BCUT2D eigenvalue weighted by atomic mass is 35.5. The molecule has 0 amide bonds. The van der Waals surface area contributed by atoms with E-state index in [9.17, 15) is 4.79 Å². The van der Waals surface area contributed by atoms with E-state index >= 15 is 0 Å². The number of anilines is 1. The van der Waals surface area contributed by atoms with Gasteiger partial charge in [-0.25, -0.2) is 0 Å². The van der Waals surface area contributed by atoms with Gasteiger partial charge in [-0.15, -0.1) is 10.2 Å². The SMILES string of the molecule is Cc1c(Cl)cccc1-n1c(SCC(=O)/C=C2/N(C)c3ccccc3C2(C)C)nnc1-c1ccncc1. The van der Waals surface area contributed by atoms with Crippen molar-refractivity contribution >= 4 is 34.8 Å². The molecule has 0 fully saturated rings. The Bertz CT molecular complexity index is 1480. The number of rotatable bonds is 6. The van der Waals surface area contributed by atoms with Gasteiger partial charge in [0, 0.05) is 52.9 Å². The van der Waals surface area contributed by atoms with Crippen LogP contribution in [-0.4, -0.2) is 38.3 Å². The van der Waals surface area contributed by atoms with Crippen LogP contribution in [0.4, 0.5) is 5.69 Å². The van der Waals surface area contributed by atoms with Crippen LogP contribution in [0.2, 0.25) is 5.02 Å². The smallest absolute Gasteiger partial charge is 0.196 e. The van der Waals surface area contributed by atoms with Crippen LogP contribution in [0.3, 0.4) is 0 Å². The topological polar surface area (TPSA) is 63.9 Å². The summed E-state index contributed by atoms with van der Waals surface area (Å²) in [4.78, 5) is 19.4. The number of hydrogen-bond acceptors (Lipinski definition) is 6. The fourth-order valence-electron chi connectivity index (χ4n) is 4.70. The second-order valence-electron chi connectivity index (χ2n) is 9.25. The number of aromatic nitrogens is 4. The molecule has 1 aliphatic rings. The molecule has 4 aromatic rings. The fourth-order valence-corrected chi connectivity index (χ4v) is 5.63. The molecule has 182 valence electrons. The minimum absolute atomic E-state index is 0.0190. The molecule has 2 aromatic heterocycles. The van der Waals surface area contributed by atoms with Crippen molar-refractivity contribution in [2.75, 3.05) is 17.7 Å². The summed E-state index contributed by atoms with van der Waals surface area (Å²) in [6.07, 6.45) is 5.21. The van der Waals surface area contributed by atoms with Crippen LogP contribution >= 0.6 is 23.4 Å². The van der Waals surface area contributed by atoms with Crippen molar-refractivity contribution in [1.82, 2.24) is 19.7 Å². The monoisotopic (exact) mass is 515 g/mol. The normalized spacial score (nSPS) is 15.4. The Morgan fingerprint density at radius 1 is 1.03 bits per heavy atom. The highest BCUT2D eigenvalue weighted by Crippen LogP contribution is 2.46. The van der Waals surface area contributed by atoms with Crippen molar-refractivity contribution < 1.29 is 4.79 Å². The van der Waals surface area contributed by atoms with Gasteiger partial charge in [0.2, 0.25) is 0 Å². The lowest BCUT2D eigenvalue weighted by molar-refractivity contribution is -0.112. The summed E-state index contributed by atoms with van der Waals surface area (Å²) in [5.74, 6) is 0.923. The van der Waals surface area contributed by atoms with Crippen LogP contribution in [0.15, 0.2) is 83.9 Å². The first kappa shape index (κ1) is 24.3. The maximum absolute atomic E-state index is 13.2. The highest BCUT2D eigenvalue weighted by Gasteiger charge is 2.38. The third-order valence-corrected chi connectivity index (χ3v) is 7.99. The number of thioether (sulfide) groups is 1. The van der Waals surface area contributed by atoms with E-state index in [1.165, 1.54) is 17.3 Å². The predicted octanol–water partition coefficient (Wildman–Crippen LogP) is 6.26. The largest absolute Gasteiger partial charge is 0.347 e. The van der Waals surface area contributed by atoms with Crippen LogP contribution in [0.5, 0.6) is 0 Å². The quantitative estimate of drug-likeness (QED) is 0.223. The minimum Gasteiger partial charge on any atom is -0.347 e. The Morgan fingerprint density at radius 2 is 1.75 bits per heavy atom. The molecule has 0 atom stereocenters. The van der Waals surface area contributed by atoms with Crippen molar-refractivity contribution in [2.24, 2.45) is 0 Å². The van der Waals surface area contributed by atoms with Crippen LogP contribution in [0.25, 0.3) is 17.1 Å². The number of ketones is 1. The van der Waals surface area contributed by atoms with E-state index < -0.39 is 0 Å². The lowest BCUT2D eigenvalue weighted by Gasteiger charge is -2.23. The maximum Gasteiger partial charge on any atom is 0.196 e. The standard InChI is InChI=1S/C28H26ClN5OS/c1-18-22(29)9-7-11-23(18)34-26(19-12-14-30-15-13-19)31-32-27(34)36-17-20(35)16-25-28(2,3)21-8-5-6-10-24(21)33(25)4/h5-16H,17H2,1-4H3/b25-16+. The van der Waals surface area contributed by atoms with E-state index in [1.54, 1.807) is 18.5 Å². The van der Waals surface area contributed by atoms with Gasteiger partial charge in [0.05, 0.1) is 11.4 Å². The van der Waals surface area contributed by atoms with Crippen molar-refractivity contribution in [2.45, 2.75) is 31.3 Å². The average Bonchev–Trinajstić information content (AvgIpc) is 3.38. The summed E-state index contributed by atoms with van der Waals surface area (Å²) in [6.45, 7) is 6.27. The second-order valence-corrected chi connectivity index (χ2v) is 10.6. The van der Waals surface area contributed by atoms with Crippen LogP contribution in [0, 0.1) is 6.92 Å². The average molecular weight is 516 g/mol. The first-order valence-corrected chi connectivity index (χ1v) is 13.0. The van der Waals surface area contributed by atoms with Crippen molar-refractivity contribution in [3.05, 3.63) is 94.9 Å². The first-order chi connectivity index (χ1) is 17.3. The summed E-state index contributed by atoms with van der Waals surface area (Å²) in [5, 5.41) is 10.2. The zero-order valence-electron chi connectivity index (χ0n) is 20.6. The van der Waals surface area contributed by atoms with E-state index in [0.29, 0.717) is 16.0 Å². The number of benzene rings is 2. The number of likely N-dealkylation sites (N-methyl/N-ethyl adjacent to an activating group) is 1. The summed E-state index contributed by atoms with van der Waals surface area (Å²) >= 11 is 7.81. The highest BCUT2D eigenvalue weighted by molar-refractivity contribution is 7.99. The molecule has 36 heavy (non-hydrogen) atoms. The minimum atomic E-state index is -0.252. The molecule has 0 N–H and O–H groups in total. The fraction of sp³-hybridized carbons (Fsp3) is 0.214. The molecular weight excluding hydrogens is 490 g/mol. The molecular formula is C28H26ClN5OS. The molecule has 6 nitrogen and oxygen atoms in total. The Morgan fingerprint density at radius 3 is 2.50 bits per heavy atom. The summed E-state index contributed by atoms with van der Waals surface area (Å²) in [5.41, 5.74) is 5.75. The molecule has 0 spiro atoms. The molecule has 3 heterocycles. The number of para-hydroxylation sites is 1. The Hall–Kier alpha value is -3.42. The molecule has 0 bridgehead atoms. The Kier molecular flexibility index (Phi) is 6.45. The number of carbonyl (C=O) groups is 1. The number of halogens is 1. The number of hydrogen-bond donors (Lipinski definition) is 0. The van der Waals surface area contributed by atoms with Gasteiger partial charge in [-0.05, 0) is 48.4 Å². The molecule has 0 radical (unpaired) electrons. The number of fused-ring (bicyclic) bond motifs is 1. The lowest BCUT2D eigenvalue weighted by atomic mass is 9.83. The van der Waals surface area contributed by atoms with Gasteiger partial charge in [-0.3, -0.25) is 14.3 Å². The lowest BCUT2D eigenvalue weighted by Crippen LogP contribution is -2.24. The van der Waals surface area contributed by atoms with E-state index in [4.69, 9.17) is 11.6 Å². The number of pyridine rings is 1. The van der Waals surface area contributed by atoms with Crippen molar-refractivity contribution in [3.8, 4) is 17.1 Å².